The van der Waals surface area contributed by atoms with Gasteiger partial charge in [-0.1, -0.05) is 19.1 Å². The van der Waals surface area contributed by atoms with Crippen LogP contribution in [-0.2, 0) is 16.4 Å². The minimum atomic E-state index is -3.57. The Balaban J connectivity index is 1.45. The van der Waals surface area contributed by atoms with Crippen molar-refractivity contribution in [2.24, 2.45) is 0 Å². The first kappa shape index (κ1) is 21.7. The molecule has 1 aliphatic rings. The molecule has 0 radical (unpaired) electrons. The molecule has 5 rings (SSSR count). The summed E-state index contributed by atoms with van der Waals surface area (Å²) in [4.78, 5) is 13.3. The van der Waals surface area contributed by atoms with Crippen molar-refractivity contribution in [2.75, 3.05) is 13.1 Å². The van der Waals surface area contributed by atoms with Crippen molar-refractivity contribution in [1.82, 2.24) is 23.8 Å². The summed E-state index contributed by atoms with van der Waals surface area (Å²) in [5.74, 6) is 0.0321. The summed E-state index contributed by atoms with van der Waals surface area (Å²) in [6.45, 7) is 2.77. The summed E-state index contributed by atoms with van der Waals surface area (Å²) in [6, 6.07) is 12.3. The number of halogens is 1. The Bertz CT molecular complexity index is 1390. The highest BCUT2D eigenvalue weighted by molar-refractivity contribution is 7.89. The first-order valence-electron chi connectivity index (χ1n) is 11.0. The van der Waals surface area contributed by atoms with Crippen LogP contribution in [0.1, 0.15) is 31.4 Å². The normalized spacial score (nSPS) is 15.8. The van der Waals surface area contributed by atoms with E-state index in [1.165, 1.54) is 16.7 Å². The van der Waals surface area contributed by atoms with Crippen LogP contribution < -0.4 is 0 Å². The number of hydrogen-bond acceptors (Lipinski definition) is 5. The van der Waals surface area contributed by atoms with E-state index in [4.69, 9.17) is 0 Å². The molecular weight excluding hydrogens is 441 g/mol. The van der Waals surface area contributed by atoms with Gasteiger partial charge in [-0.3, -0.25) is 4.98 Å². The highest BCUT2D eigenvalue weighted by atomic mass is 32.2. The van der Waals surface area contributed by atoms with Gasteiger partial charge in [0, 0.05) is 31.5 Å². The van der Waals surface area contributed by atoms with E-state index in [1.54, 1.807) is 30.5 Å². The lowest BCUT2D eigenvalue weighted by Crippen LogP contribution is -2.39. The van der Waals surface area contributed by atoms with Gasteiger partial charge in [0.15, 0.2) is 11.5 Å². The first-order valence-corrected chi connectivity index (χ1v) is 12.4. The lowest BCUT2D eigenvalue weighted by atomic mass is 10.1. The molecule has 4 aromatic rings. The number of sulfonamides is 1. The van der Waals surface area contributed by atoms with Gasteiger partial charge in [0.1, 0.15) is 11.3 Å². The van der Waals surface area contributed by atoms with Gasteiger partial charge >= 0.3 is 0 Å². The van der Waals surface area contributed by atoms with Gasteiger partial charge in [-0.25, -0.2) is 22.8 Å². The molecule has 0 amide bonds. The van der Waals surface area contributed by atoms with Gasteiger partial charge in [0.2, 0.25) is 10.0 Å². The standard InChI is InChI=1S/C24H24FN5O2S/c1-2-17-5-7-19(8-6-17)33(31,32)29-14-10-18(11-15-29)30-23(20-9-13-26-16-21(20)25)28-22-4-3-12-27-24(22)30/h3-9,12-13,16,18H,2,10-11,14-15H2,1H3. The van der Waals surface area contributed by atoms with E-state index in [9.17, 15) is 12.8 Å². The molecule has 0 bridgehead atoms. The maximum Gasteiger partial charge on any atom is 0.243 e. The molecule has 1 aromatic carbocycles. The van der Waals surface area contributed by atoms with Crippen molar-refractivity contribution in [3.63, 3.8) is 0 Å². The fourth-order valence-electron chi connectivity index (χ4n) is 4.41. The summed E-state index contributed by atoms with van der Waals surface area (Å²) in [5.41, 5.74) is 2.80. The lowest BCUT2D eigenvalue weighted by molar-refractivity contribution is 0.278. The van der Waals surface area contributed by atoms with E-state index < -0.39 is 15.8 Å². The number of benzene rings is 1. The molecule has 0 N–H and O–H groups in total. The van der Waals surface area contributed by atoms with Gasteiger partial charge in [0.25, 0.3) is 0 Å². The zero-order chi connectivity index (χ0) is 23.0. The molecule has 1 fully saturated rings. The predicted molar refractivity (Wildman–Crippen MR) is 124 cm³/mol. The van der Waals surface area contributed by atoms with E-state index in [1.807, 2.05) is 29.7 Å². The fourth-order valence-corrected chi connectivity index (χ4v) is 5.88. The third-order valence-corrected chi connectivity index (χ3v) is 8.13. The lowest BCUT2D eigenvalue weighted by Gasteiger charge is -2.32. The number of imidazole rings is 1. The number of aromatic nitrogens is 4. The number of hydrogen-bond donors (Lipinski definition) is 0. The maximum absolute atomic E-state index is 14.6. The largest absolute Gasteiger partial charge is 0.305 e. The summed E-state index contributed by atoms with van der Waals surface area (Å²) in [6.07, 6.45) is 6.41. The fraction of sp³-hybridized carbons (Fsp3) is 0.292. The van der Waals surface area contributed by atoms with Crippen molar-refractivity contribution in [2.45, 2.75) is 37.1 Å². The van der Waals surface area contributed by atoms with Crippen LogP contribution in [0.15, 0.2) is 66.0 Å². The van der Waals surface area contributed by atoms with E-state index >= 15 is 0 Å². The Morgan fingerprint density at radius 1 is 1.06 bits per heavy atom. The Morgan fingerprint density at radius 3 is 2.52 bits per heavy atom. The Kier molecular flexibility index (Phi) is 5.67. The summed E-state index contributed by atoms with van der Waals surface area (Å²) in [7, 11) is -3.57. The Morgan fingerprint density at radius 2 is 1.82 bits per heavy atom. The second-order valence-electron chi connectivity index (χ2n) is 8.14. The minimum absolute atomic E-state index is 0.0543. The molecule has 7 nitrogen and oxygen atoms in total. The molecule has 0 atom stereocenters. The van der Waals surface area contributed by atoms with Crippen LogP contribution in [0.3, 0.4) is 0 Å². The third kappa shape index (κ3) is 3.91. The van der Waals surface area contributed by atoms with Gasteiger partial charge < -0.3 is 4.57 Å². The van der Waals surface area contributed by atoms with E-state index in [0.29, 0.717) is 53.4 Å². The maximum atomic E-state index is 14.6. The average Bonchev–Trinajstić information content (AvgIpc) is 3.24. The van der Waals surface area contributed by atoms with Crippen molar-refractivity contribution >= 4 is 21.2 Å². The van der Waals surface area contributed by atoms with Gasteiger partial charge in [0.05, 0.1) is 16.7 Å². The van der Waals surface area contributed by atoms with Gasteiger partial charge in [-0.2, -0.15) is 4.31 Å². The van der Waals surface area contributed by atoms with Crippen molar-refractivity contribution < 1.29 is 12.8 Å². The number of pyridine rings is 2. The molecule has 0 aliphatic carbocycles. The monoisotopic (exact) mass is 465 g/mol. The zero-order valence-electron chi connectivity index (χ0n) is 18.2. The van der Waals surface area contributed by atoms with E-state index in [2.05, 4.69) is 15.0 Å². The zero-order valence-corrected chi connectivity index (χ0v) is 19.0. The quantitative estimate of drug-likeness (QED) is 0.441. The molecule has 33 heavy (non-hydrogen) atoms. The summed E-state index contributed by atoms with van der Waals surface area (Å²) in [5, 5.41) is 0. The molecule has 1 saturated heterocycles. The number of piperidine rings is 1. The Labute approximate surface area is 192 Å². The molecule has 4 heterocycles. The summed E-state index contributed by atoms with van der Waals surface area (Å²) < 4.78 is 44.4. The highest BCUT2D eigenvalue weighted by Crippen LogP contribution is 2.34. The molecule has 0 spiro atoms. The van der Waals surface area contributed by atoms with Crippen molar-refractivity contribution in [1.29, 1.82) is 0 Å². The SMILES string of the molecule is CCc1ccc(S(=O)(=O)N2CCC(n3c(-c4ccncc4F)nc4cccnc43)CC2)cc1. The molecular formula is C24H24FN5O2S. The second-order valence-corrected chi connectivity index (χ2v) is 10.1. The molecule has 3 aromatic heterocycles. The van der Waals surface area contributed by atoms with Crippen LogP contribution >= 0.6 is 0 Å². The second kappa shape index (κ2) is 8.64. The smallest absolute Gasteiger partial charge is 0.243 e. The number of nitrogens with zero attached hydrogens (tertiary/aromatic N) is 5. The van der Waals surface area contributed by atoms with Crippen molar-refractivity contribution in [3.8, 4) is 11.4 Å². The predicted octanol–water partition coefficient (Wildman–Crippen LogP) is 4.22. The Hall–Kier alpha value is -3.17. The third-order valence-electron chi connectivity index (χ3n) is 6.22. The molecule has 9 heteroatoms. The molecule has 1 aliphatic heterocycles. The van der Waals surface area contributed by atoms with Crippen LogP contribution in [0.25, 0.3) is 22.6 Å². The molecule has 0 unspecified atom stereocenters. The number of aryl methyl sites for hydroxylation is 1. The van der Waals surface area contributed by atoms with Crippen LogP contribution in [-0.4, -0.2) is 45.3 Å². The summed E-state index contributed by atoms with van der Waals surface area (Å²) >= 11 is 0. The van der Waals surface area contributed by atoms with E-state index in [-0.39, 0.29) is 6.04 Å². The molecule has 0 saturated carbocycles. The van der Waals surface area contributed by atoms with Gasteiger partial charge in [-0.15, -0.1) is 0 Å². The van der Waals surface area contributed by atoms with Crippen LogP contribution in [0.4, 0.5) is 4.39 Å². The van der Waals surface area contributed by atoms with Crippen LogP contribution in [0.5, 0.6) is 0 Å². The average molecular weight is 466 g/mol. The van der Waals surface area contributed by atoms with E-state index in [0.717, 1.165) is 12.0 Å². The van der Waals surface area contributed by atoms with Crippen LogP contribution in [0.2, 0.25) is 0 Å². The van der Waals surface area contributed by atoms with Crippen molar-refractivity contribution in [3.05, 3.63) is 72.4 Å². The topological polar surface area (TPSA) is 81.0 Å². The van der Waals surface area contributed by atoms with Gasteiger partial charge in [-0.05, 0) is 55.2 Å². The highest BCUT2D eigenvalue weighted by Gasteiger charge is 2.32. The first-order chi connectivity index (χ1) is 16.0. The minimum Gasteiger partial charge on any atom is -0.305 e. The number of fused-ring (bicyclic) bond motifs is 1. The molecule has 170 valence electrons. The number of rotatable bonds is 5. The van der Waals surface area contributed by atoms with Crippen LogP contribution in [0, 0.1) is 5.82 Å².